The van der Waals surface area contributed by atoms with Crippen LogP contribution in [0.15, 0.2) is 48.9 Å². The minimum atomic E-state index is -0.459. The van der Waals surface area contributed by atoms with Gasteiger partial charge < -0.3 is 9.64 Å². The van der Waals surface area contributed by atoms with Gasteiger partial charge in [-0.25, -0.2) is 4.39 Å². The molecule has 1 saturated heterocycles. The van der Waals surface area contributed by atoms with E-state index in [1.807, 2.05) is 17.0 Å². The number of ether oxygens (including phenoxy) is 1. The van der Waals surface area contributed by atoms with E-state index in [2.05, 4.69) is 15.2 Å². The predicted molar refractivity (Wildman–Crippen MR) is 102 cm³/mol. The number of likely N-dealkylation sites (tertiary alicyclic amines) is 1. The summed E-state index contributed by atoms with van der Waals surface area (Å²) in [6.45, 7) is 0.678. The number of benzene rings is 1. The number of carbonyl (C=O) groups is 1. The van der Waals surface area contributed by atoms with Gasteiger partial charge in [-0.1, -0.05) is 6.07 Å². The molecule has 4 rings (SSSR count). The smallest absolute Gasteiger partial charge is 0.227 e. The van der Waals surface area contributed by atoms with Gasteiger partial charge in [-0.05, 0) is 48.2 Å². The fraction of sp³-hybridized carbons (Fsp3) is 0.286. The molecule has 1 atom stereocenters. The van der Waals surface area contributed by atoms with E-state index in [0.717, 1.165) is 29.7 Å². The molecule has 1 fully saturated rings. The molecule has 2 aromatic heterocycles. The summed E-state index contributed by atoms with van der Waals surface area (Å²) >= 11 is 0. The van der Waals surface area contributed by atoms with Crippen LogP contribution in [-0.4, -0.2) is 39.6 Å². The lowest BCUT2D eigenvalue weighted by Gasteiger charge is -2.25. The number of hydrogen-bond donors (Lipinski definition) is 1. The van der Waals surface area contributed by atoms with Crippen molar-refractivity contribution in [3.8, 4) is 16.9 Å². The van der Waals surface area contributed by atoms with Crippen LogP contribution in [0, 0.1) is 5.82 Å². The third-order valence-corrected chi connectivity index (χ3v) is 5.14. The van der Waals surface area contributed by atoms with Crippen LogP contribution < -0.4 is 4.74 Å². The normalized spacial score (nSPS) is 16.4. The first kappa shape index (κ1) is 18.2. The Morgan fingerprint density at radius 1 is 1.32 bits per heavy atom. The van der Waals surface area contributed by atoms with Crippen LogP contribution in [0.2, 0.25) is 0 Å². The number of carbonyl (C=O) groups excluding carboxylic acids is 1. The van der Waals surface area contributed by atoms with Gasteiger partial charge in [0.1, 0.15) is 0 Å². The van der Waals surface area contributed by atoms with E-state index in [0.29, 0.717) is 12.1 Å². The lowest BCUT2D eigenvalue weighted by atomic mass is 10.0. The summed E-state index contributed by atoms with van der Waals surface area (Å²) in [5, 5.41) is 7.28. The number of amides is 1. The van der Waals surface area contributed by atoms with Crippen molar-refractivity contribution < 1.29 is 13.9 Å². The van der Waals surface area contributed by atoms with Crippen molar-refractivity contribution in [3.05, 3.63) is 66.0 Å². The van der Waals surface area contributed by atoms with Crippen molar-refractivity contribution in [1.29, 1.82) is 0 Å². The molecule has 0 radical (unpaired) electrons. The Kier molecular flexibility index (Phi) is 5.06. The van der Waals surface area contributed by atoms with Crippen molar-refractivity contribution >= 4 is 5.91 Å². The maximum absolute atomic E-state index is 14.0. The molecule has 1 N–H and O–H groups in total. The number of aromatic nitrogens is 3. The average Bonchev–Trinajstić information content (AvgIpc) is 3.38. The van der Waals surface area contributed by atoms with Gasteiger partial charge >= 0.3 is 0 Å². The second-order valence-corrected chi connectivity index (χ2v) is 6.82. The SMILES string of the molecule is COc1ccc(CC(=O)N2CCC[C@@H]2c2[nH]ncc2-c2ccncc2)cc1F. The lowest BCUT2D eigenvalue weighted by molar-refractivity contribution is -0.131. The number of H-pyrrole nitrogens is 1. The van der Waals surface area contributed by atoms with Crippen LogP contribution >= 0.6 is 0 Å². The van der Waals surface area contributed by atoms with Crippen molar-refractivity contribution in [3.63, 3.8) is 0 Å². The second kappa shape index (κ2) is 7.80. The summed E-state index contributed by atoms with van der Waals surface area (Å²) in [5.41, 5.74) is 3.55. The first-order valence-electron chi connectivity index (χ1n) is 9.23. The Morgan fingerprint density at radius 3 is 2.89 bits per heavy atom. The van der Waals surface area contributed by atoms with E-state index in [-0.39, 0.29) is 24.1 Å². The van der Waals surface area contributed by atoms with Gasteiger partial charge in [-0.2, -0.15) is 5.10 Å². The van der Waals surface area contributed by atoms with E-state index < -0.39 is 5.82 Å². The molecular weight excluding hydrogens is 359 g/mol. The summed E-state index contributed by atoms with van der Waals surface area (Å²) in [7, 11) is 1.42. The Bertz CT molecular complexity index is 974. The Morgan fingerprint density at radius 2 is 2.14 bits per heavy atom. The third kappa shape index (κ3) is 3.47. The summed E-state index contributed by atoms with van der Waals surface area (Å²) in [4.78, 5) is 18.9. The Hall–Kier alpha value is -3.22. The standard InChI is InChI=1S/C21H21FN4O2/c1-28-19-5-4-14(11-17(19)22)12-20(27)26-10-2-3-18(26)21-16(13-24-25-21)15-6-8-23-9-7-15/h4-9,11,13,18H,2-3,10,12H2,1H3,(H,24,25)/t18-/m1/s1. The maximum atomic E-state index is 14.0. The molecule has 3 aromatic rings. The van der Waals surface area contributed by atoms with E-state index in [9.17, 15) is 9.18 Å². The number of rotatable bonds is 5. The van der Waals surface area contributed by atoms with E-state index >= 15 is 0 Å². The fourth-order valence-electron chi connectivity index (χ4n) is 3.77. The molecule has 3 heterocycles. The molecule has 1 aliphatic heterocycles. The molecule has 144 valence electrons. The van der Waals surface area contributed by atoms with Crippen LogP contribution in [0.25, 0.3) is 11.1 Å². The maximum Gasteiger partial charge on any atom is 0.227 e. The van der Waals surface area contributed by atoms with E-state index in [1.165, 1.54) is 13.2 Å². The first-order chi connectivity index (χ1) is 13.7. The Balaban J connectivity index is 1.55. The van der Waals surface area contributed by atoms with Gasteiger partial charge in [0, 0.05) is 24.5 Å². The van der Waals surface area contributed by atoms with Crippen molar-refractivity contribution in [2.75, 3.05) is 13.7 Å². The summed E-state index contributed by atoms with van der Waals surface area (Å²) < 4.78 is 18.9. The zero-order chi connectivity index (χ0) is 19.5. The zero-order valence-electron chi connectivity index (χ0n) is 15.6. The summed E-state index contributed by atoms with van der Waals surface area (Å²) in [6.07, 6.45) is 7.19. The number of nitrogens with zero attached hydrogens (tertiary/aromatic N) is 3. The fourth-order valence-corrected chi connectivity index (χ4v) is 3.77. The summed E-state index contributed by atoms with van der Waals surface area (Å²) in [6, 6.07) is 8.42. The van der Waals surface area contributed by atoms with Crippen molar-refractivity contribution in [2.45, 2.75) is 25.3 Å². The Labute approximate surface area is 162 Å². The van der Waals surface area contributed by atoms with Gasteiger partial charge in [0.15, 0.2) is 11.6 Å². The highest BCUT2D eigenvalue weighted by molar-refractivity contribution is 5.80. The van der Waals surface area contributed by atoms with Gasteiger partial charge in [-0.15, -0.1) is 0 Å². The van der Waals surface area contributed by atoms with Crippen LogP contribution in [0.4, 0.5) is 4.39 Å². The molecule has 0 saturated carbocycles. The lowest BCUT2D eigenvalue weighted by Crippen LogP contribution is -2.32. The average molecular weight is 380 g/mol. The number of halogens is 1. The highest BCUT2D eigenvalue weighted by Gasteiger charge is 2.32. The largest absolute Gasteiger partial charge is 0.494 e. The highest BCUT2D eigenvalue weighted by atomic mass is 19.1. The van der Waals surface area contributed by atoms with Gasteiger partial charge in [0.05, 0.1) is 31.5 Å². The molecule has 7 heteroatoms. The molecule has 1 aromatic carbocycles. The number of pyridine rings is 1. The molecular formula is C21H21FN4O2. The van der Waals surface area contributed by atoms with Gasteiger partial charge in [0.2, 0.25) is 5.91 Å². The molecule has 0 aliphatic carbocycles. The monoisotopic (exact) mass is 380 g/mol. The molecule has 0 unspecified atom stereocenters. The molecule has 6 nitrogen and oxygen atoms in total. The molecule has 1 amide bonds. The minimum absolute atomic E-state index is 0.0256. The van der Waals surface area contributed by atoms with E-state index in [1.54, 1.807) is 30.7 Å². The van der Waals surface area contributed by atoms with E-state index in [4.69, 9.17) is 4.74 Å². The van der Waals surface area contributed by atoms with Crippen LogP contribution in [0.3, 0.4) is 0 Å². The van der Waals surface area contributed by atoms with Crippen molar-refractivity contribution in [1.82, 2.24) is 20.1 Å². The van der Waals surface area contributed by atoms with Crippen LogP contribution in [-0.2, 0) is 11.2 Å². The highest BCUT2D eigenvalue weighted by Crippen LogP contribution is 2.36. The second-order valence-electron chi connectivity index (χ2n) is 6.82. The topological polar surface area (TPSA) is 71.1 Å². The van der Waals surface area contributed by atoms with Gasteiger partial charge in [0.25, 0.3) is 0 Å². The van der Waals surface area contributed by atoms with Crippen LogP contribution in [0.1, 0.15) is 30.1 Å². The van der Waals surface area contributed by atoms with Crippen molar-refractivity contribution in [2.24, 2.45) is 0 Å². The number of methoxy groups -OCH3 is 1. The molecule has 0 spiro atoms. The quantitative estimate of drug-likeness (QED) is 0.735. The first-order valence-corrected chi connectivity index (χ1v) is 9.23. The van der Waals surface area contributed by atoms with Gasteiger partial charge in [-0.3, -0.25) is 14.9 Å². The minimum Gasteiger partial charge on any atom is -0.494 e. The number of aromatic amines is 1. The number of nitrogens with one attached hydrogen (secondary N) is 1. The predicted octanol–water partition coefficient (Wildman–Crippen LogP) is 3.53. The molecule has 1 aliphatic rings. The van der Waals surface area contributed by atoms with Crippen LogP contribution in [0.5, 0.6) is 5.75 Å². The third-order valence-electron chi connectivity index (χ3n) is 5.14. The summed E-state index contributed by atoms with van der Waals surface area (Å²) in [5.74, 6) is -0.309. The zero-order valence-corrected chi connectivity index (χ0v) is 15.6. The molecule has 28 heavy (non-hydrogen) atoms. The number of hydrogen-bond acceptors (Lipinski definition) is 4. The molecule has 0 bridgehead atoms.